The Balaban J connectivity index is 1.88. The van der Waals surface area contributed by atoms with Crippen LogP contribution in [0.4, 0.5) is 5.69 Å². The molecule has 3 rings (SSSR count). The van der Waals surface area contributed by atoms with Gasteiger partial charge >= 0.3 is 0 Å². The van der Waals surface area contributed by atoms with E-state index in [2.05, 4.69) is 28.1 Å². The van der Waals surface area contributed by atoms with Crippen molar-refractivity contribution in [2.75, 3.05) is 5.32 Å². The highest BCUT2D eigenvalue weighted by Crippen LogP contribution is 2.21. The van der Waals surface area contributed by atoms with Crippen LogP contribution in [0, 0.1) is 22.7 Å². The number of hydrogen-bond acceptors (Lipinski definition) is 3. The number of para-hydroxylation sites is 1. The first kappa shape index (κ1) is 13.5. The predicted molar refractivity (Wildman–Crippen MR) is 86.2 cm³/mol. The second-order valence-electron chi connectivity index (χ2n) is 4.72. The highest BCUT2D eigenvalue weighted by Gasteiger charge is 2.02. The molecule has 1 aromatic heterocycles. The van der Waals surface area contributed by atoms with Crippen LogP contribution in [0.5, 0.6) is 0 Å². The van der Waals surface area contributed by atoms with Crippen LogP contribution in [-0.4, -0.2) is 4.57 Å². The zero-order valence-electron chi connectivity index (χ0n) is 11.7. The van der Waals surface area contributed by atoms with Crippen LogP contribution in [0.25, 0.3) is 16.6 Å². The lowest BCUT2D eigenvalue weighted by molar-refractivity contribution is 1.13. The van der Waals surface area contributed by atoms with Gasteiger partial charge in [0.1, 0.15) is 17.7 Å². The topological polar surface area (TPSA) is 64.5 Å². The van der Waals surface area contributed by atoms with E-state index in [1.807, 2.05) is 54.7 Å². The van der Waals surface area contributed by atoms with Crippen LogP contribution in [-0.2, 0) is 0 Å². The van der Waals surface area contributed by atoms with E-state index >= 15 is 0 Å². The summed E-state index contributed by atoms with van der Waals surface area (Å²) in [4.78, 5) is 0. The number of rotatable bonds is 3. The third-order valence-corrected chi connectivity index (χ3v) is 3.37. The molecule has 0 aliphatic carbocycles. The SMILES string of the molecule is N#CC(C#N)=CNc1ccc(-n2ccc3ccccc32)cc1. The van der Waals surface area contributed by atoms with Crippen LogP contribution in [0.2, 0.25) is 0 Å². The number of nitrogens with one attached hydrogen (secondary N) is 1. The minimum Gasteiger partial charge on any atom is -0.360 e. The molecule has 2 aromatic carbocycles. The molecule has 0 saturated heterocycles. The van der Waals surface area contributed by atoms with Gasteiger partial charge in [-0.3, -0.25) is 0 Å². The fourth-order valence-electron chi connectivity index (χ4n) is 2.27. The number of allylic oxidation sites excluding steroid dienone is 1. The van der Waals surface area contributed by atoms with Crippen molar-refractivity contribution in [3.05, 3.63) is 72.6 Å². The average Bonchev–Trinajstić information content (AvgIpc) is 3.00. The Morgan fingerprint density at radius 1 is 0.955 bits per heavy atom. The lowest BCUT2D eigenvalue weighted by atomic mass is 10.2. The van der Waals surface area contributed by atoms with Crippen molar-refractivity contribution < 1.29 is 0 Å². The molecular formula is C18H12N4. The lowest BCUT2D eigenvalue weighted by Gasteiger charge is -2.07. The summed E-state index contributed by atoms with van der Waals surface area (Å²) in [7, 11) is 0. The van der Waals surface area contributed by atoms with Crippen molar-refractivity contribution in [1.29, 1.82) is 10.5 Å². The summed E-state index contributed by atoms with van der Waals surface area (Å²) in [6, 6.07) is 21.7. The molecule has 0 aliphatic rings. The summed E-state index contributed by atoms with van der Waals surface area (Å²) >= 11 is 0. The Kier molecular flexibility index (Phi) is 3.59. The van der Waals surface area contributed by atoms with Crippen molar-refractivity contribution in [2.45, 2.75) is 0 Å². The first-order valence-corrected chi connectivity index (χ1v) is 6.75. The number of benzene rings is 2. The molecule has 0 unspecified atom stereocenters. The molecule has 0 radical (unpaired) electrons. The van der Waals surface area contributed by atoms with Gasteiger partial charge in [0.05, 0.1) is 5.52 Å². The predicted octanol–water partition coefficient (Wildman–Crippen LogP) is 3.97. The number of nitrogens with zero attached hydrogens (tertiary/aromatic N) is 3. The average molecular weight is 284 g/mol. The fourth-order valence-corrected chi connectivity index (χ4v) is 2.27. The van der Waals surface area contributed by atoms with E-state index in [1.54, 1.807) is 0 Å². The van der Waals surface area contributed by atoms with E-state index in [-0.39, 0.29) is 5.57 Å². The normalized spacial score (nSPS) is 9.73. The molecule has 0 fully saturated rings. The van der Waals surface area contributed by atoms with E-state index in [0.717, 1.165) is 16.9 Å². The molecule has 0 amide bonds. The second kappa shape index (κ2) is 5.87. The Hall–Kier alpha value is -3.50. The summed E-state index contributed by atoms with van der Waals surface area (Å²) in [5, 5.41) is 21.5. The maximum Gasteiger partial charge on any atom is 0.145 e. The smallest absolute Gasteiger partial charge is 0.145 e. The molecule has 0 bridgehead atoms. The third kappa shape index (κ3) is 2.54. The molecule has 1 N–H and O–H groups in total. The van der Waals surface area contributed by atoms with Gasteiger partial charge in [0.25, 0.3) is 0 Å². The van der Waals surface area contributed by atoms with Gasteiger partial charge in [0.15, 0.2) is 0 Å². The zero-order chi connectivity index (χ0) is 15.4. The summed E-state index contributed by atoms with van der Waals surface area (Å²) in [6.45, 7) is 0. The molecule has 1 heterocycles. The quantitative estimate of drug-likeness (QED) is 0.740. The summed E-state index contributed by atoms with van der Waals surface area (Å²) in [5.74, 6) is 0. The van der Waals surface area contributed by atoms with Gasteiger partial charge < -0.3 is 9.88 Å². The molecule has 0 aliphatic heterocycles. The molecule has 3 aromatic rings. The van der Waals surface area contributed by atoms with E-state index < -0.39 is 0 Å². The lowest BCUT2D eigenvalue weighted by Crippen LogP contribution is -1.93. The van der Waals surface area contributed by atoms with E-state index in [4.69, 9.17) is 10.5 Å². The van der Waals surface area contributed by atoms with Crippen molar-refractivity contribution in [3.63, 3.8) is 0 Å². The van der Waals surface area contributed by atoms with Gasteiger partial charge in [-0.1, -0.05) is 18.2 Å². The number of hydrogen-bond donors (Lipinski definition) is 1. The third-order valence-electron chi connectivity index (χ3n) is 3.37. The second-order valence-corrected chi connectivity index (χ2v) is 4.72. The fraction of sp³-hybridized carbons (Fsp3) is 0. The van der Waals surface area contributed by atoms with Crippen LogP contribution in [0.15, 0.2) is 72.6 Å². The number of nitriles is 2. The van der Waals surface area contributed by atoms with Gasteiger partial charge in [-0.2, -0.15) is 10.5 Å². The largest absolute Gasteiger partial charge is 0.360 e. The first-order valence-electron chi connectivity index (χ1n) is 6.75. The minimum atomic E-state index is 0.0421. The number of anilines is 1. The Morgan fingerprint density at radius 2 is 1.68 bits per heavy atom. The van der Waals surface area contributed by atoms with Crippen LogP contribution >= 0.6 is 0 Å². The van der Waals surface area contributed by atoms with Gasteiger partial charge in [0, 0.05) is 23.8 Å². The van der Waals surface area contributed by atoms with E-state index in [1.165, 1.54) is 11.6 Å². The number of fused-ring (bicyclic) bond motifs is 1. The minimum absolute atomic E-state index is 0.0421. The van der Waals surface area contributed by atoms with Crippen molar-refractivity contribution in [3.8, 4) is 17.8 Å². The first-order chi connectivity index (χ1) is 10.8. The van der Waals surface area contributed by atoms with Gasteiger partial charge in [-0.05, 0) is 41.8 Å². The Bertz CT molecular complexity index is 902. The Morgan fingerprint density at radius 3 is 2.41 bits per heavy atom. The van der Waals surface area contributed by atoms with Gasteiger partial charge in [0.2, 0.25) is 0 Å². The summed E-state index contributed by atoms with van der Waals surface area (Å²) < 4.78 is 2.12. The summed E-state index contributed by atoms with van der Waals surface area (Å²) in [6.07, 6.45) is 3.44. The molecule has 4 nitrogen and oxygen atoms in total. The van der Waals surface area contributed by atoms with Crippen LogP contribution in [0.3, 0.4) is 0 Å². The zero-order valence-corrected chi connectivity index (χ0v) is 11.7. The molecule has 0 saturated carbocycles. The maximum absolute atomic E-state index is 8.69. The molecule has 0 spiro atoms. The number of aromatic nitrogens is 1. The standard InChI is InChI=1S/C18H12N4/c19-11-14(12-20)13-21-16-5-7-17(8-6-16)22-10-9-15-3-1-2-4-18(15)22/h1-10,13,21H. The maximum atomic E-state index is 8.69. The van der Waals surface area contributed by atoms with Crippen LogP contribution in [0.1, 0.15) is 0 Å². The van der Waals surface area contributed by atoms with E-state index in [9.17, 15) is 0 Å². The molecule has 0 atom stereocenters. The molecule has 4 heteroatoms. The highest BCUT2D eigenvalue weighted by atomic mass is 15.0. The monoisotopic (exact) mass is 284 g/mol. The van der Waals surface area contributed by atoms with Crippen LogP contribution < -0.4 is 5.32 Å². The van der Waals surface area contributed by atoms with Crippen molar-refractivity contribution in [2.24, 2.45) is 0 Å². The molecule has 22 heavy (non-hydrogen) atoms. The van der Waals surface area contributed by atoms with Crippen molar-refractivity contribution >= 4 is 16.6 Å². The summed E-state index contributed by atoms with van der Waals surface area (Å²) in [5.41, 5.74) is 3.07. The van der Waals surface area contributed by atoms with Crippen molar-refractivity contribution in [1.82, 2.24) is 4.57 Å². The van der Waals surface area contributed by atoms with E-state index in [0.29, 0.717) is 0 Å². The Labute approximate surface area is 128 Å². The molecule has 104 valence electrons. The van der Waals surface area contributed by atoms with Gasteiger partial charge in [-0.15, -0.1) is 0 Å². The molecular weight excluding hydrogens is 272 g/mol. The van der Waals surface area contributed by atoms with Gasteiger partial charge in [-0.25, -0.2) is 0 Å². The highest BCUT2D eigenvalue weighted by molar-refractivity contribution is 5.81.